The Morgan fingerprint density at radius 2 is 2.40 bits per heavy atom. The van der Waals surface area contributed by atoms with Crippen molar-refractivity contribution in [1.82, 2.24) is 5.32 Å². The summed E-state index contributed by atoms with van der Waals surface area (Å²) in [7, 11) is 0. The van der Waals surface area contributed by atoms with Gasteiger partial charge in [0, 0.05) is 4.47 Å². The highest BCUT2D eigenvalue weighted by molar-refractivity contribution is 9.10. The summed E-state index contributed by atoms with van der Waals surface area (Å²) in [6.07, 6.45) is 2.26. The van der Waals surface area contributed by atoms with Crippen LogP contribution in [0.25, 0.3) is 0 Å². The van der Waals surface area contributed by atoms with Crippen molar-refractivity contribution in [2.75, 3.05) is 0 Å². The van der Waals surface area contributed by atoms with Crippen molar-refractivity contribution in [2.45, 2.75) is 31.4 Å². The number of aliphatic hydroxyl groups excluding tert-OH is 1. The first-order valence-corrected chi connectivity index (χ1v) is 6.57. The molecule has 3 nitrogen and oxygen atoms in total. The maximum absolute atomic E-state index is 11.8. The Balaban J connectivity index is 2.01. The number of hydrogen-bond donors (Lipinski definition) is 2. The maximum atomic E-state index is 11.8. The number of carbonyl (C=O) groups is 1. The highest BCUT2D eigenvalue weighted by Crippen LogP contribution is 2.24. The van der Waals surface area contributed by atoms with Gasteiger partial charge in [0.05, 0.1) is 12.1 Å². The van der Waals surface area contributed by atoms with Gasteiger partial charge in [0.25, 0.3) is 5.91 Å². The van der Waals surface area contributed by atoms with Crippen LogP contribution in [0.4, 0.5) is 0 Å². The molecule has 2 atom stereocenters. The summed E-state index contributed by atoms with van der Waals surface area (Å²) in [4.78, 5) is 12.5. The number of amides is 1. The molecule has 1 saturated carbocycles. The normalized spacial score (nSPS) is 25.5. The average Bonchev–Trinajstić information content (AvgIpc) is 2.76. The Bertz CT molecular complexity index is 366. The molecule has 2 N–H and O–H groups in total. The zero-order valence-electron chi connectivity index (χ0n) is 8.07. The van der Waals surface area contributed by atoms with Crippen molar-refractivity contribution in [3.8, 4) is 0 Å². The fraction of sp³-hybridized carbons (Fsp3) is 0.500. The molecule has 0 saturated heterocycles. The summed E-state index contributed by atoms with van der Waals surface area (Å²) in [6.45, 7) is 0. The highest BCUT2D eigenvalue weighted by atomic mass is 79.9. The molecule has 1 aromatic heterocycles. The number of thiophene rings is 1. The summed E-state index contributed by atoms with van der Waals surface area (Å²) >= 11 is 4.72. The topological polar surface area (TPSA) is 49.3 Å². The molecule has 2 unspecified atom stereocenters. The molecular weight excluding hydrogens is 278 g/mol. The lowest BCUT2D eigenvalue weighted by Gasteiger charge is -2.15. The Labute approximate surface area is 101 Å². The Kier molecular flexibility index (Phi) is 3.43. The van der Waals surface area contributed by atoms with Gasteiger partial charge < -0.3 is 10.4 Å². The number of aliphatic hydroxyl groups is 1. The minimum absolute atomic E-state index is 0.0773. The lowest BCUT2D eigenvalue weighted by Crippen LogP contribution is -2.39. The van der Waals surface area contributed by atoms with Crippen LogP contribution in [0.5, 0.6) is 0 Å². The first kappa shape index (κ1) is 11.1. The zero-order chi connectivity index (χ0) is 10.8. The van der Waals surface area contributed by atoms with E-state index in [9.17, 15) is 9.90 Å². The monoisotopic (exact) mass is 289 g/mol. The molecule has 0 bridgehead atoms. The van der Waals surface area contributed by atoms with E-state index < -0.39 is 0 Å². The van der Waals surface area contributed by atoms with Gasteiger partial charge in [0.1, 0.15) is 4.88 Å². The number of halogens is 1. The Hall–Kier alpha value is -0.390. The molecule has 1 aliphatic rings. The molecule has 5 heteroatoms. The molecule has 0 spiro atoms. The largest absolute Gasteiger partial charge is 0.391 e. The van der Waals surface area contributed by atoms with Crippen LogP contribution in [0.15, 0.2) is 15.9 Å². The van der Waals surface area contributed by atoms with Crippen molar-refractivity contribution in [3.05, 3.63) is 20.8 Å². The number of nitrogens with one attached hydrogen (secondary N) is 1. The molecule has 0 aliphatic heterocycles. The third-order valence-corrected chi connectivity index (χ3v) is 4.46. The van der Waals surface area contributed by atoms with Gasteiger partial charge in [-0.3, -0.25) is 4.79 Å². The predicted molar refractivity (Wildman–Crippen MR) is 63.1 cm³/mol. The minimum atomic E-state index is -0.382. The molecule has 2 rings (SSSR count). The van der Waals surface area contributed by atoms with Crippen LogP contribution in [0.1, 0.15) is 28.9 Å². The van der Waals surface area contributed by atoms with Crippen molar-refractivity contribution in [3.63, 3.8) is 0 Å². The molecule has 1 heterocycles. The molecule has 1 aliphatic carbocycles. The van der Waals surface area contributed by atoms with Gasteiger partial charge in [-0.05, 0) is 46.6 Å². The fourth-order valence-electron chi connectivity index (χ4n) is 1.80. The first-order valence-electron chi connectivity index (χ1n) is 4.90. The van der Waals surface area contributed by atoms with Gasteiger partial charge >= 0.3 is 0 Å². The van der Waals surface area contributed by atoms with Gasteiger partial charge in [-0.2, -0.15) is 0 Å². The van der Waals surface area contributed by atoms with Gasteiger partial charge in [0.15, 0.2) is 0 Å². The van der Waals surface area contributed by atoms with E-state index in [-0.39, 0.29) is 18.1 Å². The summed E-state index contributed by atoms with van der Waals surface area (Å²) < 4.78 is 0.817. The van der Waals surface area contributed by atoms with Gasteiger partial charge in [-0.1, -0.05) is 0 Å². The van der Waals surface area contributed by atoms with Gasteiger partial charge in [-0.25, -0.2) is 0 Å². The second kappa shape index (κ2) is 4.63. The van der Waals surface area contributed by atoms with Crippen LogP contribution >= 0.6 is 27.3 Å². The third kappa shape index (κ3) is 2.41. The van der Waals surface area contributed by atoms with E-state index in [2.05, 4.69) is 21.2 Å². The van der Waals surface area contributed by atoms with Crippen molar-refractivity contribution >= 4 is 33.2 Å². The van der Waals surface area contributed by atoms with E-state index in [0.29, 0.717) is 4.88 Å². The summed E-state index contributed by atoms with van der Waals surface area (Å²) in [5, 5.41) is 14.3. The van der Waals surface area contributed by atoms with E-state index in [4.69, 9.17) is 0 Å². The van der Waals surface area contributed by atoms with E-state index in [1.54, 1.807) is 0 Å². The molecule has 1 aromatic rings. The molecule has 82 valence electrons. The second-order valence-corrected chi connectivity index (χ2v) is 5.45. The molecule has 0 radical (unpaired) electrons. The smallest absolute Gasteiger partial charge is 0.262 e. The fourth-order valence-corrected chi connectivity index (χ4v) is 3.25. The Morgan fingerprint density at radius 1 is 1.60 bits per heavy atom. The Morgan fingerprint density at radius 3 is 2.93 bits per heavy atom. The molecular formula is C10H12BrNO2S. The second-order valence-electron chi connectivity index (χ2n) is 3.68. The van der Waals surface area contributed by atoms with Crippen molar-refractivity contribution in [2.24, 2.45) is 0 Å². The highest BCUT2D eigenvalue weighted by Gasteiger charge is 2.27. The number of hydrogen-bond acceptors (Lipinski definition) is 3. The number of rotatable bonds is 2. The SMILES string of the molecule is O=C(NC1CCCC1O)c1sccc1Br. The summed E-state index contributed by atoms with van der Waals surface area (Å²) in [5.74, 6) is -0.0946. The summed E-state index contributed by atoms with van der Waals surface area (Å²) in [5.41, 5.74) is 0. The van der Waals surface area contributed by atoms with E-state index in [1.165, 1.54) is 11.3 Å². The third-order valence-electron chi connectivity index (χ3n) is 2.62. The van der Waals surface area contributed by atoms with E-state index >= 15 is 0 Å². The lowest BCUT2D eigenvalue weighted by atomic mass is 10.2. The molecule has 1 fully saturated rings. The lowest BCUT2D eigenvalue weighted by molar-refractivity contribution is 0.0876. The molecule has 15 heavy (non-hydrogen) atoms. The molecule has 1 amide bonds. The van der Waals surface area contributed by atoms with Crippen LogP contribution in [-0.2, 0) is 0 Å². The predicted octanol–water partition coefficient (Wildman–Crippen LogP) is 2.15. The number of carbonyl (C=O) groups excluding carboxylic acids is 1. The van der Waals surface area contributed by atoms with Crippen LogP contribution in [0.2, 0.25) is 0 Å². The quantitative estimate of drug-likeness (QED) is 0.877. The average molecular weight is 290 g/mol. The van der Waals surface area contributed by atoms with E-state index in [1.807, 2.05) is 11.4 Å². The van der Waals surface area contributed by atoms with Crippen LogP contribution < -0.4 is 5.32 Å². The first-order chi connectivity index (χ1) is 7.18. The maximum Gasteiger partial charge on any atom is 0.262 e. The van der Waals surface area contributed by atoms with Crippen LogP contribution in [0, 0.1) is 0 Å². The van der Waals surface area contributed by atoms with Crippen LogP contribution in [-0.4, -0.2) is 23.2 Å². The standard InChI is InChI=1S/C10H12BrNO2S/c11-6-4-5-15-9(6)10(14)12-7-2-1-3-8(7)13/h4-5,7-8,13H,1-3H2,(H,12,14). The van der Waals surface area contributed by atoms with Crippen molar-refractivity contribution < 1.29 is 9.90 Å². The summed E-state index contributed by atoms with van der Waals surface area (Å²) in [6, 6.07) is 1.77. The van der Waals surface area contributed by atoms with Crippen molar-refractivity contribution in [1.29, 1.82) is 0 Å². The van der Waals surface area contributed by atoms with E-state index in [0.717, 1.165) is 23.7 Å². The molecule has 0 aromatic carbocycles. The van der Waals surface area contributed by atoms with Gasteiger partial charge in [-0.15, -0.1) is 11.3 Å². The van der Waals surface area contributed by atoms with Crippen LogP contribution in [0.3, 0.4) is 0 Å². The zero-order valence-corrected chi connectivity index (χ0v) is 10.5. The van der Waals surface area contributed by atoms with Gasteiger partial charge in [0.2, 0.25) is 0 Å². The minimum Gasteiger partial charge on any atom is -0.391 e.